The first-order valence-electron chi connectivity index (χ1n) is 10.4. The maximum Gasteiger partial charge on any atom is 0.252 e. The zero-order chi connectivity index (χ0) is 20.9. The lowest BCUT2D eigenvalue weighted by atomic mass is 9.97. The maximum atomic E-state index is 13.1. The summed E-state index contributed by atoms with van der Waals surface area (Å²) in [5, 5.41) is 3.25. The summed E-state index contributed by atoms with van der Waals surface area (Å²) >= 11 is 0. The Morgan fingerprint density at radius 3 is 2.47 bits per heavy atom. The van der Waals surface area contributed by atoms with E-state index in [2.05, 4.69) is 17.4 Å². The van der Waals surface area contributed by atoms with Crippen LogP contribution in [-0.4, -0.2) is 19.1 Å². The monoisotopic (exact) mass is 401 g/mol. The molecular weight excluding hydrogens is 374 g/mol. The minimum Gasteiger partial charge on any atom is -0.490 e. The Morgan fingerprint density at radius 1 is 0.933 bits per heavy atom. The summed E-state index contributed by atoms with van der Waals surface area (Å²) in [5.74, 6) is 1.43. The minimum atomic E-state index is -0.183. The van der Waals surface area contributed by atoms with E-state index in [-0.39, 0.29) is 11.9 Å². The van der Waals surface area contributed by atoms with Crippen molar-refractivity contribution in [1.82, 2.24) is 5.32 Å². The lowest BCUT2D eigenvalue weighted by molar-refractivity contribution is 0.0936. The van der Waals surface area contributed by atoms with E-state index in [1.54, 1.807) is 0 Å². The predicted octanol–water partition coefficient (Wildman–Crippen LogP) is 5.18. The molecule has 1 unspecified atom stereocenters. The molecule has 4 nitrogen and oxygen atoms in total. The van der Waals surface area contributed by atoms with E-state index in [0.717, 1.165) is 40.2 Å². The highest BCUT2D eigenvalue weighted by Gasteiger charge is 2.20. The summed E-state index contributed by atoms with van der Waals surface area (Å²) in [7, 11) is 0. The SMILES string of the molecule is Cc1ccc(C(=O)NC(Cc2ccccc2)c2ccc3c(c2)OCCCO3)c(C)c1. The van der Waals surface area contributed by atoms with Crippen molar-refractivity contribution < 1.29 is 14.3 Å². The molecule has 0 aliphatic carbocycles. The summed E-state index contributed by atoms with van der Waals surface area (Å²) in [6.45, 7) is 5.30. The first-order valence-corrected chi connectivity index (χ1v) is 10.4. The van der Waals surface area contributed by atoms with Gasteiger partial charge in [-0.3, -0.25) is 4.79 Å². The van der Waals surface area contributed by atoms with Gasteiger partial charge in [-0.2, -0.15) is 0 Å². The Kier molecular flexibility index (Phi) is 6.03. The normalized spacial score (nSPS) is 13.9. The van der Waals surface area contributed by atoms with Crippen LogP contribution in [0.4, 0.5) is 0 Å². The van der Waals surface area contributed by atoms with Crippen LogP contribution in [-0.2, 0) is 6.42 Å². The molecule has 154 valence electrons. The molecule has 3 aromatic carbocycles. The fourth-order valence-electron chi connectivity index (χ4n) is 3.80. The number of benzene rings is 3. The third kappa shape index (κ3) is 4.65. The van der Waals surface area contributed by atoms with Crippen LogP contribution in [0.5, 0.6) is 11.5 Å². The molecule has 1 heterocycles. The van der Waals surface area contributed by atoms with Crippen molar-refractivity contribution >= 4 is 5.91 Å². The number of hydrogen-bond acceptors (Lipinski definition) is 3. The topological polar surface area (TPSA) is 47.6 Å². The highest BCUT2D eigenvalue weighted by molar-refractivity contribution is 5.96. The first-order chi connectivity index (χ1) is 14.6. The van der Waals surface area contributed by atoms with E-state index in [9.17, 15) is 4.79 Å². The summed E-state index contributed by atoms with van der Waals surface area (Å²) in [4.78, 5) is 13.1. The molecule has 1 aliphatic rings. The van der Waals surface area contributed by atoms with Gasteiger partial charge in [-0.05, 0) is 55.2 Å². The number of carbonyl (C=O) groups is 1. The van der Waals surface area contributed by atoms with Gasteiger partial charge in [-0.15, -0.1) is 0 Å². The molecule has 0 saturated carbocycles. The van der Waals surface area contributed by atoms with Gasteiger partial charge in [-0.25, -0.2) is 0 Å². The van der Waals surface area contributed by atoms with Crippen molar-refractivity contribution in [2.75, 3.05) is 13.2 Å². The predicted molar refractivity (Wildman–Crippen MR) is 118 cm³/mol. The molecule has 3 aromatic rings. The molecule has 0 spiro atoms. The van der Waals surface area contributed by atoms with E-state index in [4.69, 9.17) is 9.47 Å². The van der Waals surface area contributed by atoms with Crippen LogP contribution in [0.3, 0.4) is 0 Å². The van der Waals surface area contributed by atoms with Gasteiger partial charge in [0.05, 0.1) is 19.3 Å². The zero-order valence-corrected chi connectivity index (χ0v) is 17.5. The second kappa shape index (κ2) is 9.04. The molecule has 4 rings (SSSR count). The second-order valence-corrected chi connectivity index (χ2v) is 7.79. The van der Waals surface area contributed by atoms with Crippen LogP contribution < -0.4 is 14.8 Å². The van der Waals surface area contributed by atoms with E-state index >= 15 is 0 Å². The smallest absolute Gasteiger partial charge is 0.252 e. The number of ether oxygens (including phenoxy) is 2. The molecule has 0 fully saturated rings. The van der Waals surface area contributed by atoms with Crippen molar-refractivity contribution in [2.24, 2.45) is 0 Å². The Bertz CT molecular complexity index is 1030. The molecule has 0 radical (unpaired) electrons. The van der Waals surface area contributed by atoms with Crippen LogP contribution in [0, 0.1) is 13.8 Å². The standard InChI is InChI=1S/C26H27NO3/c1-18-9-11-22(19(2)15-18)26(28)27-23(16-20-7-4-3-5-8-20)21-10-12-24-25(17-21)30-14-6-13-29-24/h3-5,7-12,15,17,23H,6,13-14,16H2,1-2H3,(H,27,28). The van der Waals surface area contributed by atoms with Gasteiger partial charge in [0.1, 0.15) is 0 Å². The van der Waals surface area contributed by atoms with E-state index in [0.29, 0.717) is 25.2 Å². The lowest BCUT2D eigenvalue weighted by Crippen LogP contribution is -2.30. The zero-order valence-electron chi connectivity index (χ0n) is 17.5. The van der Waals surface area contributed by atoms with Crippen molar-refractivity contribution in [3.8, 4) is 11.5 Å². The van der Waals surface area contributed by atoms with Gasteiger partial charge < -0.3 is 14.8 Å². The molecule has 0 bridgehead atoms. The summed E-state index contributed by atoms with van der Waals surface area (Å²) in [6.07, 6.45) is 1.55. The van der Waals surface area contributed by atoms with E-state index in [1.807, 2.05) is 68.4 Å². The highest BCUT2D eigenvalue weighted by Crippen LogP contribution is 2.33. The van der Waals surface area contributed by atoms with Gasteiger partial charge in [-0.1, -0.05) is 54.1 Å². The number of carbonyl (C=O) groups excluding carboxylic acids is 1. The molecule has 1 aliphatic heterocycles. The van der Waals surface area contributed by atoms with Crippen molar-refractivity contribution in [2.45, 2.75) is 32.7 Å². The fraction of sp³-hybridized carbons (Fsp3) is 0.269. The van der Waals surface area contributed by atoms with Gasteiger partial charge >= 0.3 is 0 Å². The third-order valence-electron chi connectivity index (χ3n) is 5.39. The van der Waals surface area contributed by atoms with Gasteiger partial charge in [0.25, 0.3) is 5.91 Å². The molecule has 1 amide bonds. The average molecular weight is 402 g/mol. The second-order valence-electron chi connectivity index (χ2n) is 7.79. The van der Waals surface area contributed by atoms with E-state index < -0.39 is 0 Å². The van der Waals surface area contributed by atoms with Gasteiger partial charge in [0.2, 0.25) is 0 Å². The molecular formula is C26H27NO3. The summed E-state index contributed by atoms with van der Waals surface area (Å²) in [5.41, 5.74) is 4.99. The van der Waals surface area contributed by atoms with Gasteiger partial charge in [0, 0.05) is 12.0 Å². The van der Waals surface area contributed by atoms with Crippen LogP contribution in [0.2, 0.25) is 0 Å². The van der Waals surface area contributed by atoms with Crippen molar-refractivity contribution in [3.05, 3.63) is 94.5 Å². The van der Waals surface area contributed by atoms with Gasteiger partial charge in [0.15, 0.2) is 11.5 Å². The number of nitrogens with one attached hydrogen (secondary N) is 1. The lowest BCUT2D eigenvalue weighted by Gasteiger charge is -2.21. The van der Waals surface area contributed by atoms with Crippen LogP contribution in [0.25, 0.3) is 0 Å². The van der Waals surface area contributed by atoms with E-state index in [1.165, 1.54) is 0 Å². The Hall–Kier alpha value is -3.27. The maximum absolute atomic E-state index is 13.1. The van der Waals surface area contributed by atoms with Crippen LogP contribution >= 0.6 is 0 Å². The number of amides is 1. The van der Waals surface area contributed by atoms with Crippen LogP contribution in [0.15, 0.2) is 66.7 Å². The molecule has 1 N–H and O–H groups in total. The number of rotatable bonds is 5. The average Bonchev–Trinajstić information content (AvgIpc) is 2.99. The number of aryl methyl sites for hydroxylation is 2. The number of hydrogen-bond donors (Lipinski definition) is 1. The molecule has 0 saturated heterocycles. The fourth-order valence-corrected chi connectivity index (χ4v) is 3.80. The third-order valence-corrected chi connectivity index (χ3v) is 5.39. The minimum absolute atomic E-state index is 0.0689. The van der Waals surface area contributed by atoms with Crippen molar-refractivity contribution in [3.63, 3.8) is 0 Å². The Morgan fingerprint density at radius 2 is 1.70 bits per heavy atom. The molecule has 0 aromatic heterocycles. The quantitative estimate of drug-likeness (QED) is 0.641. The molecule has 4 heteroatoms. The van der Waals surface area contributed by atoms with Crippen LogP contribution in [0.1, 0.15) is 45.1 Å². The largest absolute Gasteiger partial charge is 0.490 e. The summed E-state index contributed by atoms with van der Waals surface area (Å²) in [6, 6.07) is 21.9. The van der Waals surface area contributed by atoms with Crippen molar-refractivity contribution in [1.29, 1.82) is 0 Å². The highest BCUT2D eigenvalue weighted by atomic mass is 16.5. The molecule has 1 atom stereocenters. The summed E-state index contributed by atoms with van der Waals surface area (Å²) < 4.78 is 11.6. The number of fused-ring (bicyclic) bond motifs is 1. The molecule has 30 heavy (non-hydrogen) atoms. The first kappa shape index (κ1) is 20.0. The Balaban J connectivity index is 1.64. The Labute approximate surface area is 177 Å².